The molecule has 0 aliphatic carbocycles. The lowest BCUT2D eigenvalue weighted by Crippen LogP contribution is -2.00. The maximum atomic E-state index is 13.1. The van der Waals surface area contributed by atoms with Crippen molar-refractivity contribution < 1.29 is 14.2 Å². The molecule has 2 nitrogen and oxygen atoms in total. The van der Waals surface area contributed by atoms with Gasteiger partial charge in [-0.1, -0.05) is 6.07 Å². The van der Waals surface area contributed by atoms with Crippen molar-refractivity contribution in [2.24, 2.45) is 0 Å². The van der Waals surface area contributed by atoms with E-state index in [1.165, 1.54) is 19.2 Å². The van der Waals surface area contributed by atoms with E-state index < -0.39 is 5.82 Å². The topological polar surface area (TPSA) is 29.5 Å². The molecule has 1 radical (unpaired) electrons. The normalized spacial score (nSPS) is 12.6. The van der Waals surface area contributed by atoms with Crippen molar-refractivity contribution in [2.75, 3.05) is 13.7 Å². The highest BCUT2D eigenvalue weighted by atomic mass is 19.1. The first kappa shape index (κ1) is 9.99. The summed E-state index contributed by atoms with van der Waals surface area (Å²) in [5.74, 6) is -0.517. The van der Waals surface area contributed by atoms with Crippen molar-refractivity contribution in [3.63, 3.8) is 0 Å². The Morgan fingerprint density at radius 3 is 2.77 bits per heavy atom. The van der Waals surface area contributed by atoms with E-state index in [2.05, 4.69) is 6.92 Å². The van der Waals surface area contributed by atoms with E-state index in [0.29, 0.717) is 5.56 Å². The number of hydrogen-bond donors (Lipinski definition) is 1. The molecule has 0 saturated heterocycles. The Bertz CT molecular complexity index is 286. The third kappa shape index (κ3) is 2.18. The van der Waals surface area contributed by atoms with Gasteiger partial charge in [0.1, 0.15) is 0 Å². The minimum absolute atomic E-state index is 0.0915. The Morgan fingerprint density at radius 2 is 2.31 bits per heavy atom. The number of ether oxygens (including phenoxy) is 1. The van der Waals surface area contributed by atoms with Crippen molar-refractivity contribution in [3.8, 4) is 5.75 Å². The summed E-state index contributed by atoms with van der Waals surface area (Å²) in [6.45, 7) is 3.57. The first-order chi connectivity index (χ1) is 6.19. The molecule has 0 spiro atoms. The predicted molar refractivity (Wildman–Crippen MR) is 48.1 cm³/mol. The Kier molecular flexibility index (Phi) is 3.25. The van der Waals surface area contributed by atoms with Crippen LogP contribution in [0.4, 0.5) is 4.39 Å². The lowest BCUT2D eigenvalue weighted by molar-refractivity contribution is 0.282. The molecule has 0 heterocycles. The molecule has 0 aliphatic heterocycles. The molecule has 0 aromatic heterocycles. The summed E-state index contributed by atoms with van der Waals surface area (Å²) < 4.78 is 17.9. The zero-order valence-corrected chi connectivity index (χ0v) is 7.46. The van der Waals surface area contributed by atoms with Crippen LogP contribution in [0.15, 0.2) is 18.2 Å². The predicted octanol–water partition coefficient (Wildman–Crippen LogP) is 1.74. The molecule has 0 aliphatic rings. The first-order valence-corrected chi connectivity index (χ1v) is 3.96. The van der Waals surface area contributed by atoms with Crippen molar-refractivity contribution in [3.05, 3.63) is 36.5 Å². The summed E-state index contributed by atoms with van der Waals surface area (Å²) in [6.07, 6.45) is 0. The lowest BCUT2D eigenvalue weighted by Gasteiger charge is -2.09. The first-order valence-electron chi connectivity index (χ1n) is 3.96. The fraction of sp³-hybridized carbons (Fsp3) is 0.300. The third-order valence-electron chi connectivity index (χ3n) is 1.87. The van der Waals surface area contributed by atoms with E-state index in [-0.39, 0.29) is 18.3 Å². The summed E-state index contributed by atoms with van der Waals surface area (Å²) >= 11 is 0. The minimum atomic E-state index is -0.429. The number of rotatable bonds is 3. The summed E-state index contributed by atoms with van der Waals surface area (Å²) in [5.41, 5.74) is 0.667. The Balaban J connectivity index is 2.95. The van der Waals surface area contributed by atoms with Crippen molar-refractivity contribution in [2.45, 2.75) is 5.92 Å². The number of hydrogen-bond acceptors (Lipinski definition) is 2. The molecule has 1 aromatic carbocycles. The average molecular weight is 183 g/mol. The lowest BCUT2D eigenvalue weighted by atomic mass is 10.0. The Hall–Kier alpha value is -1.09. The van der Waals surface area contributed by atoms with Crippen LogP contribution in [0.2, 0.25) is 0 Å². The van der Waals surface area contributed by atoms with Gasteiger partial charge in [0.2, 0.25) is 0 Å². The van der Waals surface area contributed by atoms with Gasteiger partial charge in [0.15, 0.2) is 11.6 Å². The van der Waals surface area contributed by atoms with Crippen molar-refractivity contribution in [1.82, 2.24) is 0 Å². The number of aliphatic hydroxyl groups is 1. The van der Waals surface area contributed by atoms with Crippen LogP contribution in [0.3, 0.4) is 0 Å². The molecule has 1 unspecified atom stereocenters. The molecule has 71 valence electrons. The van der Waals surface area contributed by atoms with E-state index in [4.69, 9.17) is 9.84 Å². The van der Waals surface area contributed by atoms with Crippen LogP contribution < -0.4 is 4.74 Å². The van der Waals surface area contributed by atoms with Gasteiger partial charge in [0.05, 0.1) is 7.11 Å². The second-order valence-electron chi connectivity index (χ2n) is 2.77. The van der Waals surface area contributed by atoms with Crippen molar-refractivity contribution >= 4 is 0 Å². The highest BCUT2D eigenvalue weighted by molar-refractivity contribution is 5.31. The fourth-order valence-electron chi connectivity index (χ4n) is 1.04. The molecule has 0 amide bonds. The summed E-state index contributed by atoms with van der Waals surface area (Å²) in [4.78, 5) is 0. The summed E-state index contributed by atoms with van der Waals surface area (Å²) in [5, 5.41) is 8.79. The van der Waals surface area contributed by atoms with E-state index in [0.717, 1.165) is 0 Å². The van der Waals surface area contributed by atoms with Gasteiger partial charge in [-0.15, -0.1) is 0 Å². The molecule has 13 heavy (non-hydrogen) atoms. The fourth-order valence-corrected chi connectivity index (χ4v) is 1.04. The largest absolute Gasteiger partial charge is 0.494 e. The zero-order chi connectivity index (χ0) is 9.84. The second kappa shape index (κ2) is 4.23. The number of aliphatic hydroxyl groups excluding tert-OH is 1. The van der Waals surface area contributed by atoms with Crippen LogP contribution >= 0.6 is 0 Å². The van der Waals surface area contributed by atoms with E-state index >= 15 is 0 Å². The second-order valence-corrected chi connectivity index (χ2v) is 2.77. The summed E-state index contributed by atoms with van der Waals surface area (Å²) in [7, 11) is 1.41. The maximum Gasteiger partial charge on any atom is 0.165 e. The van der Waals surface area contributed by atoms with Gasteiger partial charge in [0.25, 0.3) is 0 Å². The quantitative estimate of drug-likeness (QED) is 0.773. The van der Waals surface area contributed by atoms with Gasteiger partial charge in [0, 0.05) is 12.5 Å². The van der Waals surface area contributed by atoms with Crippen LogP contribution in [0.25, 0.3) is 0 Å². The highest BCUT2D eigenvalue weighted by Gasteiger charge is 2.08. The average Bonchev–Trinajstić information content (AvgIpc) is 2.16. The van der Waals surface area contributed by atoms with Gasteiger partial charge in [-0.25, -0.2) is 4.39 Å². The highest BCUT2D eigenvalue weighted by Crippen LogP contribution is 2.22. The van der Waals surface area contributed by atoms with Crippen LogP contribution in [-0.2, 0) is 0 Å². The van der Waals surface area contributed by atoms with Crippen LogP contribution in [0.5, 0.6) is 5.75 Å². The van der Waals surface area contributed by atoms with Crippen LogP contribution in [0, 0.1) is 12.7 Å². The molecule has 1 aromatic rings. The zero-order valence-electron chi connectivity index (χ0n) is 7.46. The van der Waals surface area contributed by atoms with Crippen LogP contribution in [-0.4, -0.2) is 18.8 Å². The van der Waals surface area contributed by atoms with Gasteiger partial charge in [-0.05, 0) is 24.6 Å². The summed E-state index contributed by atoms with van der Waals surface area (Å²) in [6, 6.07) is 4.54. The molecular formula is C10H12FO2. The van der Waals surface area contributed by atoms with Gasteiger partial charge >= 0.3 is 0 Å². The third-order valence-corrected chi connectivity index (χ3v) is 1.87. The van der Waals surface area contributed by atoms with Gasteiger partial charge < -0.3 is 9.84 Å². The van der Waals surface area contributed by atoms with Crippen molar-refractivity contribution in [1.29, 1.82) is 0 Å². The number of methoxy groups -OCH3 is 1. The smallest absolute Gasteiger partial charge is 0.165 e. The molecule has 1 rings (SSSR count). The standard InChI is InChI=1S/C10H12FO2/c1-7(6-12)8-3-4-10(13-2)9(11)5-8/h3-5,7,12H,1,6H2,2H3. The van der Waals surface area contributed by atoms with E-state index in [1.807, 2.05) is 0 Å². The molecule has 1 N–H and O–H groups in total. The Morgan fingerprint density at radius 1 is 1.62 bits per heavy atom. The number of halogens is 1. The van der Waals surface area contributed by atoms with Crippen LogP contribution in [0.1, 0.15) is 11.5 Å². The van der Waals surface area contributed by atoms with Gasteiger partial charge in [-0.3, -0.25) is 0 Å². The molecule has 0 saturated carbocycles. The van der Waals surface area contributed by atoms with E-state index in [1.54, 1.807) is 6.07 Å². The van der Waals surface area contributed by atoms with Gasteiger partial charge in [-0.2, -0.15) is 0 Å². The number of benzene rings is 1. The Labute approximate surface area is 77.0 Å². The molecule has 0 fully saturated rings. The molecule has 0 bridgehead atoms. The molecule has 3 heteroatoms. The SMILES string of the molecule is [CH2]C(CO)c1ccc(OC)c(F)c1. The molecular weight excluding hydrogens is 171 g/mol. The minimum Gasteiger partial charge on any atom is -0.494 e. The monoisotopic (exact) mass is 183 g/mol. The molecule has 1 atom stereocenters. The van der Waals surface area contributed by atoms with E-state index in [9.17, 15) is 4.39 Å². The maximum absolute atomic E-state index is 13.1.